The lowest BCUT2D eigenvalue weighted by molar-refractivity contribution is -0.374. The zero-order valence-corrected chi connectivity index (χ0v) is 15.8. The number of ether oxygens (including phenoxy) is 5. The maximum atomic E-state index is 11.7. The Morgan fingerprint density at radius 2 is 1.30 bits per heavy atom. The lowest BCUT2D eigenvalue weighted by Gasteiger charge is -2.12. The van der Waals surface area contributed by atoms with Crippen molar-refractivity contribution >= 4 is 11.8 Å². The number of hydrogen-bond donors (Lipinski definition) is 0. The van der Waals surface area contributed by atoms with Gasteiger partial charge in [-0.2, -0.15) is 0 Å². The second kappa shape index (κ2) is 8.79. The van der Waals surface area contributed by atoms with Crippen molar-refractivity contribution in [2.75, 3.05) is 35.5 Å². The largest absolute Gasteiger partial charge is 0.496 e. The Kier molecular flexibility index (Phi) is 6.48. The van der Waals surface area contributed by atoms with Crippen molar-refractivity contribution in [2.45, 2.75) is 0 Å². The van der Waals surface area contributed by atoms with E-state index in [1.807, 2.05) is 0 Å². The third kappa shape index (κ3) is 4.22. The molecule has 2 aromatic carbocycles. The summed E-state index contributed by atoms with van der Waals surface area (Å²) in [6, 6.07) is 7.96. The standard InChI is InChI=1S/C19H21NO7/c1-23-15-7-6-12(9-17(15)25-3)14(20(21)22)8-13-10-18(26-4)19(27-5)11-16(13)24-2/h6-11H,1-5H3/b14-8+. The van der Waals surface area contributed by atoms with Crippen LogP contribution in [0.4, 0.5) is 0 Å². The van der Waals surface area contributed by atoms with Gasteiger partial charge in [-0.25, -0.2) is 0 Å². The van der Waals surface area contributed by atoms with Crippen molar-refractivity contribution in [3.63, 3.8) is 0 Å². The predicted octanol–water partition coefficient (Wildman–Crippen LogP) is 3.50. The molecule has 0 spiro atoms. The summed E-state index contributed by atoms with van der Waals surface area (Å²) in [6.07, 6.45) is 1.40. The van der Waals surface area contributed by atoms with E-state index < -0.39 is 4.92 Å². The van der Waals surface area contributed by atoms with Gasteiger partial charge in [-0.05, 0) is 24.3 Å². The van der Waals surface area contributed by atoms with E-state index in [0.29, 0.717) is 39.9 Å². The van der Waals surface area contributed by atoms with Crippen LogP contribution in [0.1, 0.15) is 11.1 Å². The molecule has 0 aliphatic heterocycles. The second-order valence-corrected chi connectivity index (χ2v) is 5.31. The molecule has 144 valence electrons. The monoisotopic (exact) mass is 375 g/mol. The fourth-order valence-corrected chi connectivity index (χ4v) is 2.55. The molecule has 0 saturated carbocycles. The number of nitro groups is 1. The summed E-state index contributed by atoms with van der Waals surface area (Å²) in [5.74, 6) is 2.17. The van der Waals surface area contributed by atoms with Crippen LogP contribution < -0.4 is 23.7 Å². The van der Waals surface area contributed by atoms with E-state index in [0.717, 1.165) is 0 Å². The first kappa shape index (κ1) is 19.9. The summed E-state index contributed by atoms with van der Waals surface area (Å²) in [5, 5.41) is 11.7. The van der Waals surface area contributed by atoms with Gasteiger partial charge in [-0.1, -0.05) is 0 Å². The highest BCUT2D eigenvalue weighted by Crippen LogP contribution is 2.37. The summed E-state index contributed by atoms with van der Waals surface area (Å²) in [5.41, 5.74) is 0.688. The Morgan fingerprint density at radius 1 is 0.778 bits per heavy atom. The molecule has 27 heavy (non-hydrogen) atoms. The highest BCUT2D eigenvalue weighted by Gasteiger charge is 2.20. The fraction of sp³-hybridized carbons (Fsp3) is 0.263. The molecule has 0 amide bonds. The van der Waals surface area contributed by atoms with E-state index in [1.54, 1.807) is 30.3 Å². The average molecular weight is 375 g/mol. The first-order valence-electron chi connectivity index (χ1n) is 7.87. The predicted molar refractivity (Wildman–Crippen MR) is 101 cm³/mol. The van der Waals surface area contributed by atoms with Crippen LogP contribution in [0.25, 0.3) is 11.8 Å². The molecule has 0 saturated heterocycles. The maximum Gasteiger partial charge on any atom is 0.277 e. The lowest BCUT2D eigenvalue weighted by Crippen LogP contribution is -2.01. The van der Waals surface area contributed by atoms with Gasteiger partial charge in [0.25, 0.3) is 5.70 Å². The summed E-state index contributed by atoms with van der Waals surface area (Å²) in [4.78, 5) is 11.2. The molecular formula is C19H21NO7. The molecule has 0 fully saturated rings. The number of nitrogens with zero attached hydrogens (tertiary/aromatic N) is 1. The lowest BCUT2D eigenvalue weighted by atomic mass is 10.1. The van der Waals surface area contributed by atoms with Gasteiger partial charge in [-0.15, -0.1) is 0 Å². The van der Waals surface area contributed by atoms with Gasteiger partial charge in [0.15, 0.2) is 23.0 Å². The van der Waals surface area contributed by atoms with Gasteiger partial charge in [0.05, 0.1) is 46.0 Å². The van der Waals surface area contributed by atoms with E-state index in [4.69, 9.17) is 23.7 Å². The van der Waals surface area contributed by atoms with Crippen LogP contribution in [-0.4, -0.2) is 40.5 Å². The minimum Gasteiger partial charge on any atom is -0.496 e. The molecule has 0 heterocycles. The highest BCUT2D eigenvalue weighted by molar-refractivity contribution is 5.80. The first-order valence-corrected chi connectivity index (χ1v) is 7.87. The van der Waals surface area contributed by atoms with Gasteiger partial charge >= 0.3 is 0 Å². The van der Waals surface area contributed by atoms with Crippen molar-refractivity contribution in [1.29, 1.82) is 0 Å². The Morgan fingerprint density at radius 3 is 1.81 bits per heavy atom. The van der Waals surface area contributed by atoms with E-state index in [1.165, 1.54) is 41.6 Å². The molecule has 2 rings (SSSR count). The van der Waals surface area contributed by atoms with Crippen molar-refractivity contribution in [3.8, 4) is 28.7 Å². The van der Waals surface area contributed by atoms with Crippen molar-refractivity contribution in [2.24, 2.45) is 0 Å². The quantitative estimate of drug-likeness (QED) is 0.396. The van der Waals surface area contributed by atoms with Crippen LogP contribution in [0, 0.1) is 10.1 Å². The van der Waals surface area contributed by atoms with Crippen LogP contribution in [0.15, 0.2) is 30.3 Å². The van der Waals surface area contributed by atoms with Gasteiger partial charge in [-0.3, -0.25) is 10.1 Å². The Balaban J connectivity index is 2.64. The van der Waals surface area contributed by atoms with Gasteiger partial charge in [0.1, 0.15) is 5.75 Å². The molecule has 0 aliphatic carbocycles. The molecule has 0 bridgehead atoms. The molecular weight excluding hydrogens is 354 g/mol. The zero-order chi connectivity index (χ0) is 20.0. The Bertz CT molecular complexity index is 861. The number of benzene rings is 2. The maximum absolute atomic E-state index is 11.7. The second-order valence-electron chi connectivity index (χ2n) is 5.31. The SMILES string of the molecule is COc1cc(OC)c(OC)cc1/C=C(\c1ccc(OC)c(OC)c1)[N+](=O)[O-]. The summed E-state index contributed by atoms with van der Waals surface area (Å²) >= 11 is 0. The van der Waals surface area contributed by atoms with Crippen LogP contribution in [0.3, 0.4) is 0 Å². The molecule has 0 unspecified atom stereocenters. The minimum atomic E-state index is -0.475. The summed E-state index contributed by atoms with van der Waals surface area (Å²) in [7, 11) is 7.42. The molecule has 0 N–H and O–H groups in total. The molecule has 0 aliphatic rings. The van der Waals surface area contributed by atoms with E-state index in [9.17, 15) is 10.1 Å². The smallest absolute Gasteiger partial charge is 0.277 e. The van der Waals surface area contributed by atoms with E-state index >= 15 is 0 Å². The van der Waals surface area contributed by atoms with Crippen LogP contribution in [0.5, 0.6) is 28.7 Å². The van der Waals surface area contributed by atoms with E-state index in [2.05, 4.69) is 0 Å². The normalized spacial score (nSPS) is 10.9. The zero-order valence-electron chi connectivity index (χ0n) is 15.8. The van der Waals surface area contributed by atoms with Crippen molar-refractivity contribution < 1.29 is 28.6 Å². The average Bonchev–Trinajstić information content (AvgIpc) is 2.70. The Hall–Kier alpha value is -3.42. The summed E-state index contributed by atoms with van der Waals surface area (Å²) < 4.78 is 26.3. The molecule has 2 aromatic rings. The highest BCUT2D eigenvalue weighted by atomic mass is 16.6. The van der Waals surface area contributed by atoms with Crippen LogP contribution in [-0.2, 0) is 0 Å². The fourth-order valence-electron chi connectivity index (χ4n) is 2.55. The van der Waals surface area contributed by atoms with Crippen molar-refractivity contribution in [3.05, 3.63) is 51.6 Å². The van der Waals surface area contributed by atoms with E-state index in [-0.39, 0.29) is 5.70 Å². The molecule has 0 radical (unpaired) electrons. The molecule has 8 nitrogen and oxygen atoms in total. The van der Waals surface area contributed by atoms with Gasteiger partial charge in [0.2, 0.25) is 0 Å². The number of methoxy groups -OCH3 is 5. The van der Waals surface area contributed by atoms with Gasteiger partial charge in [0, 0.05) is 17.7 Å². The minimum absolute atomic E-state index is 0.138. The number of rotatable bonds is 8. The van der Waals surface area contributed by atoms with Crippen LogP contribution >= 0.6 is 0 Å². The number of hydrogen-bond acceptors (Lipinski definition) is 7. The topological polar surface area (TPSA) is 89.3 Å². The first-order chi connectivity index (χ1) is 13.0. The Labute approximate surface area is 157 Å². The van der Waals surface area contributed by atoms with Crippen LogP contribution in [0.2, 0.25) is 0 Å². The van der Waals surface area contributed by atoms with Gasteiger partial charge < -0.3 is 23.7 Å². The summed E-state index contributed by atoms with van der Waals surface area (Å²) in [6.45, 7) is 0. The third-order valence-corrected chi connectivity index (χ3v) is 3.90. The third-order valence-electron chi connectivity index (χ3n) is 3.90. The molecule has 0 atom stereocenters. The van der Waals surface area contributed by atoms with Crippen molar-refractivity contribution in [1.82, 2.24) is 0 Å². The molecule has 8 heteroatoms. The molecule has 0 aromatic heterocycles.